The highest BCUT2D eigenvalue weighted by Crippen LogP contribution is 2.44. The third-order valence-corrected chi connectivity index (χ3v) is 3.61. The van der Waals surface area contributed by atoms with Gasteiger partial charge in [0.05, 0.1) is 13.2 Å². The Hall–Kier alpha value is -1.29. The lowest BCUT2D eigenvalue weighted by molar-refractivity contribution is 0.124. The molecule has 3 rings (SSSR count). The smallest absolute Gasteiger partial charge is 0.207 e. The number of hydrogen-bond acceptors (Lipinski definition) is 3. The van der Waals surface area contributed by atoms with Gasteiger partial charge >= 0.3 is 0 Å². The number of benzene rings is 1. The van der Waals surface area contributed by atoms with Gasteiger partial charge in [0.2, 0.25) is 5.82 Å². The number of rotatable bonds is 1. The summed E-state index contributed by atoms with van der Waals surface area (Å²) in [6, 6.07) is 3.69. The fourth-order valence-corrected chi connectivity index (χ4v) is 2.73. The minimum absolute atomic E-state index is 0.0513. The standard InChI is InChI=1S/C13H16FNO2/c1-7-5-10-12(15-6-7)8-3-4-9(16-2)11(14)13(8)17-10/h3-4,7,10,12,15H,5-6H2,1-2H3/t7-,10+,12+/m1/s1. The molecule has 0 spiro atoms. The van der Waals surface area contributed by atoms with Crippen LogP contribution in [0.2, 0.25) is 0 Å². The van der Waals surface area contributed by atoms with Gasteiger partial charge in [0, 0.05) is 5.56 Å². The first kappa shape index (κ1) is 10.8. The second-order valence-corrected chi connectivity index (χ2v) is 4.88. The summed E-state index contributed by atoms with van der Waals surface area (Å²) in [5, 5.41) is 3.42. The topological polar surface area (TPSA) is 30.5 Å². The Morgan fingerprint density at radius 3 is 3.06 bits per heavy atom. The highest BCUT2D eigenvalue weighted by molar-refractivity contribution is 5.47. The summed E-state index contributed by atoms with van der Waals surface area (Å²) >= 11 is 0. The molecule has 0 saturated carbocycles. The summed E-state index contributed by atoms with van der Waals surface area (Å²) in [5.74, 6) is 0.792. The number of hydrogen-bond donors (Lipinski definition) is 1. The lowest BCUT2D eigenvalue weighted by Gasteiger charge is -2.29. The minimum atomic E-state index is -0.381. The van der Waals surface area contributed by atoms with Crippen LogP contribution in [-0.2, 0) is 0 Å². The third kappa shape index (κ3) is 1.59. The van der Waals surface area contributed by atoms with Crippen LogP contribution in [0.15, 0.2) is 12.1 Å². The summed E-state index contributed by atoms with van der Waals surface area (Å²) in [7, 11) is 1.47. The van der Waals surface area contributed by atoms with E-state index >= 15 is 0 Å². The van der Waals surface area contributed by atoms with Crippen LogP contribution >= 0.6 is 0 Å². The molecule has 1 aromatic rings. The zero-order chi connectivity index (χ0) is 12.0. The molecule has 2 aliphatic heterocycles. The van der Waals surface area contributed by atoms with Crippen molar-refractivity contribution < 1.29 is 13.9 Å². The molecular formula is C13H16FNO2. The molecule has 1 fully saturated rings. The summed E-state index contributed by atoms with van der Waals surface area (Å²) in [6.07, 6.45) is 1.02. The van der Waals surface area contributed by atoms with Crippen LogP contribution in [0.4, 0.5) is 4.39 Å². The van der Waals surface area contributed by atoms with Gasteiger partial charge in [-0.15, -0.1) is 0 Å². The van der Waals surface area contributed by atoms with Gasteiger partial charge in [-0.25, -0.2) is 0 Å². The summed E-state index contributed by atoms with van der Waals surface area (Å²) in [5.41, 5.74) is 0.917. The Kier molecular flexibility index (Phi) is 2.47. The van der Waals surface area contributed by atoms with E-state index in [4.69, 9.17) is 9.47 Å². The predicted octanol–water partition coefficient (Wildman–Crippen LogP) is 2.27. The Morgan fingerprint density at radius 2 is 2.29 bits per heavy atom. The molecule has 1 aromatic carbocycles. The lowest BCUT2D eigenvalue weighted by atomic mass is 9.91. The molecule has 0 amide bonds. The van der Waals surface area contributed by atoms with Crippen molar-refractivity contribution in [2.75, 3.05) is 13.7 Å². The monoisotopic (exact) mass is 237 g/mol. The summed E-state index contributed by atoms with van der Waals surface area (Å²) < 4.78 is 24.7. The highest BCUT2D eigenvalue weighted by atomic mass is 19.1. The van der Waals surface area contributed by atoms with E-state index in [1.54, 1.807) is 6.07 Å². The van der Waals surface area contributed by atoms with Crippen LogP contribution in [0.1, 0.15) is 24.9 Å². The van der Waals surface area contributed by atoms with Gasteiger partial charge in [-0.1, -0.05) is 6.92 Å². The zero-order valence-corrected chi connectivity index (χ0v) is 10.00. The second kappa shape index (κ2) is 3.88. The van der Waals surface area contributed by atoms with Crippen molar-refractivity contribution >= 4 is 0 Å². The predicted molar refractivity (Wildman–Crippen MR) is 61.9 cm³/mol. The SMILES string of the molecule is COc1ccc2c(c1F)O[C@H]1C[C@@H](C)CN[C@@H]21. The van der Waals surface area contributed by atoms with E-state index < -0.39 is 0 Å². The Morgan fingerprint density at radius 1 is 1.47 bits per heavy atom. The second-order valence-electron chi connectivity index (χ2n) is 4.88. The van der Waals surface area contributed by atoms with Gasteiger partial charge in [0.15, 0.2) is 11.5 Å². The molecule has 3 nitrogen and oxygen atoms in total. The van der Waals surface area contributed by atoms with Crippen molar-refractivity contribution in [1.82, 2.24) is 5.32 Å². The van der Waals surface area contributed by atoms with E-state index in [2.05, 4.69) is 12.2 Å². The molecule has 1 saturated heterocycles. The largest absolute Gasteiger partial charge is 0.494 e. The van der Waals surface area contributed by atoms with E-state index in [9.17, 15) is 4.39 Å². The fraction of sp³-hybridized carbons (Fsp3) is 0.538. The molecule has 0 aromatic heterocycles. The maximum absolute atomic E-state index is 14.0. The van der Waals surface area contributed by atoms with Gasteiger partial charge in [0.25, 0.3) is 0 Å². The van der Waals surface area contributed by atoms with Gasteiger partial charge in [-0.3, -0.25) is 0 Å². The Bertz CT molecular complexity index is 449. The van der Waals surface area contributed by atoms with Crippen LogP contribution in [0.25, 0.3) is 0 Å². The van der Waals surface area contributed by atoms with Crippen LogP contribution in [0.3, 0.4) is 0 Å². The quantitative estimate of drug-likeness (QED) is 0.812. The fourth-order valence-electron chi connectivity index (χ4n) is 2.73. The number of fused-ring (bicyclic) bond motifs is 3. The molecule has 4 heteroatoms. The number of methoxy groups -OCH3 is 1. The van der Waals surface area contributed by atoms with E-state index in [0.29, 0.717) is 11.7 Å². The maximum atomic E-state index is 14.0. The third-order valence-electron chi connectivity index (χ3n) is 3.61. The molecule has 0 bridgehead atoms. The van der Waals surface area contributed by atoms with Crippen molar-refractivity contribution in [2.24, 2.45) is 5.92 Å². The highest BCUT2D eigenvalue weighted by Gasteiger charge is 2.40. The number of ether oxygens (including phenoxy) is 2. The number of nitrogens with one attached hydrogen (secondary N) is 1. The van der Waals surface area contributed by atoms with Crippen LogP contribution in [0, 0.1) is 11.7 Å². The van der Waals surface area contributed by atoms with E-state index in [0.717, 1.165) is 18.5 Å². The van der Waals surface area contributed by atoms with Gasteiger partial charge in [0.1, 0.15) is 6.10 Å². The molecule has 2 heterocycles. The Balaban J connectivity index is 1.99. The zero-order valence-electron chi connectivity index (χ0n) is 10.00. The molecule has 0 radical (unpaired) electrons. The summed E-state index contributed by atoms with van der Waals surface area (Å²) in [4.78, 5) is 0. The van der Waals surface area contributed by atoms with E-state index in [1.165, 1.54) is 7.11 Å². The maximum Gasteiger partial charge on any atom is 0.207 e. The van der Waals surface area contributed by atoms with Crippen molar-refractivity contribution in [1.29, 1.82) is 0 Å². The lowest BCUT2D eigenvalue weighted by Crippen LogP contribution is -2.41. The molecule has 0 unspecified atom stereocenters. The molecule has 2 aliphatic rings. The Labute approximate surface area is 99.9 Å². The minimum Gasteiger partial charge on any atom is -0.494 e. The van der Waals surface area contributed by atoms with Gasteiger partial charge in [-0.05, 0) is 31.0 Å². The number of piperidine rings is 1. The molecule has 17 heavy (non-hydrogen) atoms. The first-order valence-electron chi connectivity index (χ1n) is 5.97. The molecule has 0 aliphatic carbocycles. The van der Waals surface area contributed by atoms with Crippen LogP contribution in [0.5, 0.6) is 11.5 Å². The van der Waals surface area contributed by atoms with Crippen LogP contribution < -0.4 is 14.8 Å². The normalized spacial score (nSPS) is 30.4. The van der Waals surface area contributed by atoms with Crippen molar-refractivity contribution in [2.45, 2.75) is 25.5 Å². The first-order valence-corrected chi connectivity index (χ1v) is 5.97. The first-order chi connectivity index (χ1) is 8.20. The molecule has 92 valence electrons. The molecular weight excluding hydrogens is 221 g/mol. The van der Waals surface area contributed by atoms with Crippen LogP contribution in [-0.4, -0.2) is 19.8 Å². The summed E-state index contributed by atoms with van der Waals surface area (Å²) in [6.45, 7) is 3.13. The van der Waals surface area contributed by atoms with Gasteiger partial charge in [-0.2, -0.15) is 4.39 Å². The number of halogens is 1. The molecule has 1 N–H and O–H groups in total. The molecule has 3 atom stereocenters. The average Bonchev–Trinajstić information content (AvgIpc) is 2.68. The van der Waals surface area contributed by atoms with Crippen molar-refractivity contribution in [3.8, 4) is 11.5 Å². The van der Waals surface area contributed by atoms with E-state index in [1.807, 2.05) is 6.07 Å². The van der Waals surface area contributed by atoms with E-state index in [-0.39, 0.29) is 23.7 Å². The van der Waals surface area contributed by atoms with Crippen molar-refractivity contribution in [3.05, 3.63) is 23.5 Å². The average molecular weight is 237 g/mol. The van der Waals surface area contributed by atoms with Crippen molar-refractivity contribution in [3.63, 3.8) is 0 Å². The van der Waals surface area contributed by atoms with Gasteiger partial charge < -0.3 is 14.8 Å².